The third kappa shape index (κ3) is 5.52. The average molecular weight is 435 g/mol. The number of sulfonamides is 1. The molecule has 29 heavy (non-hydrogen) atoms. The van der Waals surface area contributed by atoms with Crippen molar-refractivity contribution >= 4 is 33.2 Å². The second kappa shape index (κ2) is 9.18. The van der Waals surface area contributed by atoms with Gasteiger partial charge in [0.15, 0.2) is 0 Å². The fraction of sp³-hybridized carbons (Fsp3) is 0.409. The van der Waals surface area contributed by atoms with Crippen molar-refractivity contribution in [3.8, 4) is 0 Å². The number of nitrogens with one attached hydrogen (secondary N) is 1. The number of hydrogen-bond donors (Lipinski definition) is 1. The van der Waals surface area contributed by atoms with Gasteiger partial charge in [-0.25, -0.2) is 8.42 Å². The monoisotopic (exact) mass is 434 g/mol. The van der Waals surface area contributed by atoms with Crippen molar-refractivity contribution < 1.29 is 13.2 Å². The number of amides is 1. The van der Waals surface area contributed by atoms with Crippen LogP contribution in [-0.2, 0) is 10.0 Å². The summed E-state index contributed by atoms with van der Waals surface area (Å²) in [6, 6.07) is 14.2. The molecule has 1 atom stereocenters. The first-order valence-electron chi connectivity index (χ1n) is 9.93. The maximum Gasteiger partial charge on any atom is 0.251 e. The Morgan fingerprint density at radius 1 is 1.07 bits per heavy atom. The van der Waals surface area contributed by atoms with Crippen LogP contribution in [0.4, 0.5) is 5.69 Å². The number of anilines is 1. The highest BCUT2D eigenvalue weighted by Crippen LogP contribution is 2.26. The zero-order valence-electron chi connectivity index (χ0n) is 16.8. The number of carbonyl (C=O) groups excluding carboxylic acids is 1. The molecule has 2 aromatic rings. The lowest BCUT2D eigenvalue weighted by Gasteiger charge is -2.21. The Morgan fingerprint density at radius 3 is 2.28 bits per heavy atom. The van der Waals surface area contributed by atoms with E-state index in [1.165, 1.54) is 4.31 Å². The van der Waals surface area contributed by atoms with Gasteiger partial charge in [-0.05, 0) is 67.1 Å². The molecule has 1 fully saturated rings. The lowest BCUT2D eigenvalue weighted by Crippen LogP contribution is -2.29. The fourth-order valence-corrected chi connectivity index (χ4v) is 5.16. The number of carbonyl (C=O) groups is 1. The van der Waals surface area contributed by atoms with E-state index < -0.39 is 10.0 Å². The molecule has 0 radical (unpaired) electrons. The maximum absolute atomic E-state index is 12.8. The number of nitrogens with zero attached hydrogens (tertiary/aromatic N) is 1. The summed E-state index contributed by atoms with van der Waals surface area (Å²) < 4.78 is 25.6. The van der Waals surface area contributed by atoms with E-state index in [2.05, 4.69) is 19.2 Å². The van der Waals surface area contributed by atoms with Crippen LogP contribution in [0, 0.1) is 5.92 Å². The molecule has 0 bridgehead atoms. The Bertz CT molecular complexity index is 941. The van der Waals surface area contributed by atoms with E-state index in [0.717, 1.165) is 18.4 Å². The molecule has 1 unspecified atom stereocenters. The quantitative estimate of drug-likeness (QED) is 0.681. The lowest BCUT2D eigenvalue weighted by atomic mass is 9.97. The summed E-state index contributed by atoms with van der Waals surface area (Å²) in [5, 5.41) is 3.78. The van der Waals surface area contributed by atoms with Crippen LogP contribution in [-0.4, -0.2) is 26.6 Å². The Hall–Kier alpha value is -2.05. The van der Waals surface area contributed by atoms with E-state index >= 15 is 0 Å². The van der Waals surface area contributed by atoms with Crippen molar-refractivity contribution in [2.45, 2.75) is 39.2 Å². The topological polar surface area (TPSA) is 66.5 Å². The van der Waals surface area contributed by atoms with Gasteiger partial charge in [-0.1, -0.05) is 37.6 Å². The molecule has 0 aromatic heterocycles. The van der Waals surface area contributed by atoms with Crippen LogP contribution in [0.15, 0.2) is 48.5 Å². The summed E-state index contributed by atoms with van der Waals surface area (Å²) in [7, 11) is -3.23. The van der Waals surface area contributed by atoms with Gasteiger partial charge in [0.1, 0.15) is 0 Å². The molecule has 2 aromatic carbocycles. The van der Waals surface area contributed by atoms with Crippen LogP contribution < -0.4 is 9.62 Å². The third-order valence-corrected chi connectivity index (χ3v) is 7.25. The van der Waals surface area contributed by atoms with Gasteiger partial charge in [0.2, 0.25) is 10.0 Å². The van der Waals surface area contributed by atoms with Crippen molar-refractivity contribution in [3.63, 3.8) is 0 Å². The van der Waals surface area contributed by atoms with Crippen molar-refractivity contribution in [1.82, 2.24) is 5.32 Å². The van der Waals surface area contributed by atoms with Crippen LogP contribution in [0.25, 0.3) is 0 Å². The summed E-state index contributed by atoms with van der Waals surface area (Å²) in [5.41, 5.74) is 2.13. The van der Waals surface area contributed by atoms with Crippen molar-refractivity contribution in [1.29, 1.82) is 0 Å². The second-order valence-electron chi connectivity index (χ2n) is 7.84. The highest BCUT2D eigenvalue weighted by atomic mass is 35.5. The molecule has 1 amide bonds. The first-order valence-corrected chi connectivity index (χ1v) is 11.9. The molecule has 1 saturated heterocycles. The van der Waals surface area contributed by atoms with Gasteiger partial charge in [-0.3, -0.25) is 9.10 Å². The highest BCUT2D eigenvalue weighted by Gasteiger charge is 2.28. The van der Waals surface area contributed by atoms with Gasteiger partial charge in [0, 0.05) is 17.1 Å². The number of rotatable bonds is 7. The van der Waals surface area contributed by atoms with Crippen molar-refractivity contribution in [3.05, 3.63) is 64.7 Å². The Balaban J connectivity index is 1.74. The molecule has 0 spiro atoms. The Labute approximate surface area is 178 Å². The molecular formula is C22H27ClN2O3S. The van der Waals surface area contributed by atoms with Crippen LogP contribution >= 0.6 is 11.6 Å². The minimum Gasteiger partial charge on any atom is -0.345 e. The first kappa shape index (κ1) is 21.7. The Kier molecular flexibility index (Phi) is 6.85. The largest absolute Gasteiger partial charge is 0.345 e. The highest BCUT2D eigenvalue weighted by molar-refractivity contribution is 7.93. The van der Waals surface area contributed by atoms with E-state index in [9.17, 15) is 13.2 Å². The predicted molar refractivity (Wildman–Crippen MR) is 118 cm³/mol. The van der Waals surface area contributed by atoms with Crippen LogP contribution in [0.1, 0.15) is 55.1 Å². The summed E-state index contributed by atoms with van der Waals surface area (Å²) in [6.45, 7) is 4.81. The minimum atomic E-state index is -3.23. The molecule has 3 rings (SSSR count). The van der Waals surface area contributed by atoms with Gasteiger partial charge in [-0.15, -0.1) is 0 Å². The molecule has 1 N–H and O–H groups in total. The van der Waals surface area contributed by atoms with Gasteiger partial charge in [0.05, 0.1) is 17.5 Å². The lowest BCUT2D eigenvalue weighted by molar-refractivity contribution is 0.0933. The third-order valence-electron chi connectivity index (χ3n) is 5.13. The summed E-state index contributed by atoms with van der Waals surface area (Å²) in [5.74, 6) is 0.529. The SMILES string of the molecule is CC(C)CCC(NC(=O)c1ccc(N2CCCS2(=O)=O)cc1)c1ccc(Cl)cc1. The number of hydrogen-bond acceptors (Lipinski definition) is 3. The van der Waals surface area contributed by atoms with Crippen LogP contribution in [0.5, 0.6) is 0 Å². The molecule has 0 saturated carbocycles. The molecular weight excluding hydrogens is 408 g/mol. The number of halogens is 1. The molecule has 1 heterocycles. The van der Waals surface area contributed by atoms with Gasteiger partial charge < -0.3 is 5.32 Å². The van der Waals surface area contributed by atoms with Crippen molar-refractivity contribution in [2.75, 3.05) is 16.6 Å². The first-order chi connectivity index (χ1) is 13.8. The van der Waals surface area contributed by atoms with Gasteiger partial charge >= 0.3 is 0 Å². The van der Waals surface area contributed by atoms with Crippen LogP contribution in [0.3, 0.4) is 0 Å². The molecule has 5 nitrogen and oxygen atoms in total. The normalized spacial score (nSPS) is 16.8. The molecule has 0 aliphatic carbocycles. The Morgan fingerprint density at radius 2 is 1.72 bits per heavy atom. The van der Waals surface area contributed by atoms with E-state index in [0.29, 0.717) is 35.2 Å². The molecule has 1 aliphatic heterocycles. The standard InChI is InChI=1S/C22H27ClN2O3S/c1-16(2)4-13-21(17-5-9-19(23)10-6-17)24-22(26)18-7-11-20(12-8-18)25-14-3-15-29(25,27)28/h5-12,16,21H,3-4,13-15H2,1-2H3,(H,24,26). The van der Waals surface area contributed by atoms with Crippen LogP contribution in [0.2, 0.25) is 5.02 Å². The fourth-order valence-electron chi connectivity index (χ4n) is 3.47. The average Bonchev–Trinajstić information content (AvgIpc) is 3.04. The zero-order chi connectivity index (χ0) is 21.0. The van der Waals surface area contributed by atoms with E-state index in [1.807, 2.05) is 24.3 Å². The smallest absolute Gasteiger partial charge is 0.251 e. The minimum absolute atomic E-state index is 0.110. The van der Waals surface area contributed by atoms with Gasteiger partial charge in [0.25, 0.3) is 5.91 Å². The van der Waals surface area contributed by atoms with Crippen molar-refractivity contribution in [2.24, 2.45) is 5.92 Å². The molecule has 1 aliphatic rings. The van der Waals surface area contributed by atoms with Gasteiger partial charge in [-0.2, -0.15) is 0 Å². The number of benzene rings is 2. The molecule has 7 heteroatoms. The van der Waals surface area contributed by atoms with E-state index in [4.69, 9.17) is 11.6 Å². The zero-order valence-corrected chi connectivity index (χ0v) is 18.3. The second-order valence-corrected chi connectivity index (χ2v) is 10.3. The predicted octanol–water partition coefficient (Wildman–Crippen LogP) is 4.79. The molecule has 156 valence electrons. The summed E-state index contributed by atoms with van der Waals surface area (Å²) in [4.78, 5) is 12.8. The van der Waals surface area contributed by atoms with E-state index in [-0.39, 0.29) is 17.7 Å². The summed E-state index contributed by atoms with van der Waals surface area (Å²) >= 11 is 6.00. The summed E-state index contributed by atoms with van der Waals surface area (Å²) in [6.07, 6.45) is 2.44. The van der Waals surface area contributed by atoms with E-state index in [1.54, 1.807) is 24.3 Å². The maximum atomic E-state index is 12.8.